The SMILES string of the molecule is CCC(C)C(NC(=O)C(CC(C)C)NC(=O)C(NC(=O)C(CCC(=O)O)NC(=O)C(CC(N)=O)NC(=O)C(CCC(=O)O)NC(=O)C(NC(=O)C(Cc1ccc(O)cc1)NC(=O)C(Cc1ccccc1)NC(=O)C(Cc1cnc[nH]1)NC(=O)C(N)CC(C)C)C(C)O)C(C)CC)C(=O)NC(Cc1ccccc1)C(=O)O. The van der Waals surface area contributed by atoms with Crippen molar-refractivity contribution in [2.75, 3.05) is 0 Å². The highest BCUT2D eigenvalue weighted by molar-refractivity contribution is 6.00. The number of nitrogens with zero attached hydrogens (tertiary/aromatic N) is 1. The molecule has 110 heavy (non-hydrogen) atoms. The predicted molar refractivity (Wildman–Crippen MR) is 398 cm³/mol. The number of primary amides is 1. The average molecular weight is 1540 g/mol. The lowest BCUT2D eigenvalue weighted by molar-refractivity contribution is -0.142. The van der Waals surface area contributed by atoms with Crippen molar-refractivity contribution in [3.05, 3.63) is 120 Å². The van der Waals surface area contributed by atoms with Gasteiger partial charge in [0.15, 0.2) is 0 Å². The topological polar surface area (TPSA) is 570 Å². The van der Waals surface area contributed by atoms with Gasteiger partial charge in [-0.2, -0.15) is 0 Å². The van der Waals surface area contributed by atoms with E-state index in [4.69, 9.17) is 11.5 Å². The van der Waals surface area contributed by atoms with Crippen molar-refractivity contribution in [3.63, 3.8) is 0 Å². The Hall–Kier alpha value is -11.4. The minimum absolute atomic E-state index is 0.00450. The lowest BCUT2D eigenvalue weighted by atomic mass is 9.95. The summed E-state index contributed by atoms with van der Waals surface area (Å²) >= 11 is 0. The molecular formula is C75H107N15O20. The van der Waals surface area contributed by atoms with Crippen LogP contribution in [0.1, 0.15) is 142 Å². The molecule has 0 fully saturated rings. The Balaban J connectivity index is 1.63. The summed E-state index contributed by atoms with van der Waals surface area (Å²) in [5, 5.41) is 78.4. The van der Waals surface area contributed by atoms with Crippen LogP contribution in [-0.2, 0) is 97.6 Å². The summed E-state index contributed by atoms with van der Waals surface area (Å²) in [6, 6.07) is 3.08. The fourth-order valence-corrected chi connectivity index (χ4v) is 11.5. The van der Waals surface area contributed by atoms with E-state index in [1.165, 1.54) is 36.8 Å². The van der Waals surface area contributed by atoms with Crippen LogP contribution in [0.5, 0.6) is 5.75 Å². The van der Waals surface area contributed by atoms with Crippen molar-refractivity contribution in [2.24, 2.45) is 35.1 Å². The zero-order chi connectivity index (χ0) is 82.1. The Morgan fingerprint density at radius 3 is 1.20 bits per heavy atom. The normalized spacial score (nSPS) is 15.3. The summed E-state index contributed by atoms with van der Waals surface area (Å²) in [5.74, 6) is -18.9. The molecule has 602 valence electrons. The number of carbonyl (C=O) groups excluding carboxylic acids is 12. The van der Waals surface area contributed by atoms with Crippen molar-refractivity contribution in [2.45, 2.75) is 224 Å². The first-order valence-corrected chi connectivity index (χ1v) is 36.5. The van der Waals surface area contributed by atoms with E-state index in [0.717, 1.165) is 6.92 Å². The molecule has 3 aromatic carbocycles. The molecule has 35 heteroatoms. The number of aliphatic hydroxyl groups is 1. The van der Waals surface area contributed by atoms with Gasteiger partial charge >= 0.3 is 17.9 Å². The minimum atomic E-state index is -2.09. The highest BCUT2D eigenvalue weighted by Gasteiger charge is 2.40. The largest absolute Gasteiger partial charge is 0.508 e. The van der Waals surface area contributed by atoms with E-state index in [-0.39, 0.29) is 62.5 Å². The lowest BCUT2D eigenvalue weighted by Crippen LogP contribution is -2.63. The van der Waals surface area contributed by atoms with E-state index in [1.807, 2.05) is 13.8 Å². The van der Waals surface area contributed by atoms with Crippen LogP contribution < -0.4 is 70.0 Å². The number of phenols is 1. The average Bonchev–Trinajstić information content (AvgIpc) is 1.11. The highest BCUT2D eigenvalue weighted by Crippen LogP contribution is 2.18. The fraction of sp³-hybridized carbons (Fsp3) is 0.520. The number of benzene rings is 3. The molecule has 4 aromatic rings. The molecular weight excluding hydrogens is 1430 g/mol. The number of aliphatic hydroxyl groups excluding tert-OH is 1. The first-order chi connectivity index (χ1) is 51.9. The van der Waals surface area contributed by atoms with Crippen molar-refractivity contribution in [1.29, 1.82) is 0 Å². The number of hydrogen-bond acceptors (Lipinski definition) is 19. The van der Waals surface area contributed by atoms with E-state index >= 15 is 0 Å². The Morgan fingerprint density at radius 1 is 0.418 bits per heavy atom. The van der Waals surface area contributed by atoms with Crippen molar-refractivity contribution < 1.29 is 97.5 Å². The van der Waals surface area contributed by atoms with Crippen LogP contribution in [0.4, 0.5) is 0 Å². The summed E-state index contributed by atoms with van der Waals surface area (Å²) in [5.41, 5.74) is 13.6. The van der Waals surface area contributed by atoms with Crippen LogP contribution in [-0.4, -0.2) is 203 Å². The molecule has 0 radical (unpaired) electrons. The number of rotatable bonds is 48. The van der Waals surface area contributed by atoms with Gasteiger partial charge in [-0.1, -0.05) is 141 Å². The zero-order valence-corrected chi connectivity index (χ0v) is 63.2. The molecule has 0 bridgehead atoms. The van der Waals surface area contributed by atoms with Crippen LogP contribution in [0.15, 0.2) is 97.5 Å². The molecule has 0 saturated carbocycles. The van der Waals surface area contributed by atoms with Crippen LogP contribution in [0, 0.1) is 23.7 Å². The van der Waals surface area contributed by atoms with Crippen LogP contribution in [0.3, 0.4) is 0 Å². The van der Waals surface area contributed by atoms with E-state index < -0.39 is 211 Å². The molecule has 4 rings (SSSR count). The Bertz CT molecular complexity index is 3750. The summed E-state index contributed by atoms with van der Waals surface area (Å²) in [6.45, 7) is 14.9. The maximum Gasteiger partial charge on any atom is 0.326 e. The number of H-pyrrole nitrogens is 1. The van der Waals surface area contributed by atoms with Gasteiger partial charge in [0, 0.05) is 50.4 Å². The number of carboxylic acids is 3. The third kappa shape index (κ3) is 31.5. The first-order valence-electron chi connectivity index (χ1n) is 36.5. The van der Waals surface area contributed by atoms with Gasteiger partial charge in [0.1, 0.15) is 72.2 Å². The second-order valence-electron chi connectivity index (χ2n) is 28.2. The molecule has 12 amide bonds. The van der Waals surface area contributed by atoms with E-state index in [0.29, 0.717) is 28.8 Å². The number of hydrogen-bond donors (Lipinski definition) is 19. The number of amides is 12. The standard InChI is InChI=1S/C75H107N15O20/c1-10-41(7)61(72(106)86-52(31-40(5)6)70(104)89-62(42(8)11-2)73(107)87-57(75(109)110)34-45-20-16-13-17-21-45)88-66(100)51(27-29-60(96)97)80-69(103)56(36-58(77)93)85-65(99)50(26-28-59(94)95)81-74(108)63(43(9)91)90-71(105)54(33-46-22-24-48(92)25-23-46)84-67(101)53(32-44-18-14-12-15-19-44)83-68(102)55(35-47-37-78-38-79-47)82-64(98)49(76)30-39(3)4/h12-25,37-43,49-57,61-63,91-92H,10-11,26-36,76H2,1-9H3,(H2,77,93)(H,78,79)(H,80,103)(H,81,108)(H,82,98)(H,83,102)(H,84,101)(H,85,99)(H,86,106)(H,87,107)(H,88,100)(H,89,104)(H,90,105)(H,94,95)(H,96,97)(H,109,110). The number of aromatic amines is 1. The summed E-state index contributed by atoms with van der Waals surface area (Å²) < 4.78 is 0. The van der Waals surface area contributed by atoms with Gasteiger partial charge < -0.3 is 100 Å². The number of imidazole rings is 1. The summed E-state index contributed by atoms with van der Waals surface area (Å²) in [4.78, 5) is 214. The first kappa shape index (κ1) is 91.0. The molecule has 0 aliphatic carbocycles. The second kappa shape index (κ2) is 45.5. The zero-order valence-electron chi connectivity index (χ0n) is 63.2. The van der Waals surface area contributed by atoms with Gasteiger partial charge in [0.05, 0.1) is 24.9 Å². The van der Waals surface area contributed by atoms with E-state index in [2.05, 4.69) is 68.5 Å². The third-order valence-electron chi connectivity index (χ3n) is 18.1. The number of aromatic hydroxyl groups is 1. The molecule has 1 aromatic heterocycles. The number of aliphatic carboxylic acids is 3. The molecule has 15 atom stereocenters. The van der Waals surface area contributed by atoms with Gasteiger partial charge in [-0.15, -0.1) is 0 Å². The number of nitrogens with one attached hydrogen (secondary N) is 12. The molecule has 21 N–H and O–H groups in total. The minimum Gasteiger partial charge on any atom is -0.508 e. The van der Waals surface area contributed by atoms with Gasteiger partial charge in [0.2, 0.25) is 70.9 Å². The fourth-order valence-electron chi connectivity index (χ4n) is 11.5. The number of nitrogens with two attached hydrogens (primary N) is 2. The van der Waals surface area contributed by atoms with E-state index in [1.54, 1.807) is 102 Å². The van der Waals surface area contributed by atoms with Crippen molar-refractivity contribution in [3.8, 4) is 5.75 Å². The molecule has 15 unspecified atom stereocenters. The number of phenolic OH excluding ortho intramolecular Hbond substituents is 1. The predicted octanol–water partition coefficient (Wildman–Crippen LogP) is -0.699. The van der Waals surface area contributed by atoms with Gasteiger partial charge in [0.25, 0.3) is 0 Å². The van der Waals surface area contributed by atoms with Gasteiger partial charge in [-0.3, -0.25) is 67.1 Å². The van der Waals surface area contributed by atoms with Crippen LogP contribution in [0.2, 0.25) is 0 Å². The molecule has 0 aliphatic rings. The van der Waals surface area contributed by atoms with Crippen LogP contribution in [0.25, 0.3) is 0 Å². The molecule has 0 aliphatic heterocycles. The maximum absolute atomic E-state index is 14.8. The quantitative estimate of drug-likeness (QED) is 0.0260. The molecule has 35 nitrogen and oxygen atoms in total. The Labute approximate surface area is 637 Å². The summed E-state index contributed by atoms with van der Waals surface area (Å²) in [6.07, 6.45) is -3.29. The molecule has 1 heterocycles. The number of carboxylic acid groups (broad SMARTS) is 3. The second-order valence-corrected chi connectivity index (χ2v) is 28.2. The summed E-state index contributed by atoms with van der Waals surface area (Å²) in [7, 11) is 0. The van der Waals surface area contributed by atoms with E-state index in [9.17, 15) is 97.5 Å². The van der Waals surface area contributed by atoms with Crippen molar-refractivity contribution >= 4 is 88.8 Å². The van der Waals surface area contributed by atoms with Crippen molar-refractivity contribution in [1.82, 2.24) is 68.5 Å². The monoisotopic (exact) mass is 1540 g/mol. The smallest absolute Gasteiger partial charge is 0.326 e. The molecule has 0 spiro atoms. The Morgan fingerprint density at radius 2 is 0.773 bits per heavy atom. The third-order valence-corrected chi connectivity index (χ3v) is 18.1. The Kier molecular flexibility index (Phi) is 37.6. The number of aromatic nitrogens is 2. The van der Waals surface area contributed by atoms with Crippen LogP contribution >= 0.6 is 0 Å². The van der Waals surface area contributed by atoms with Gasteiger partial charge in [-0.25, -0.2) is 9.78 Å². The molecule has 0 saturated heterocycles. The lowest BCUT2D eigenvalue weighted by Gasteiger charge is -2.31. The highest BCUT2D eigenvalue weighted by atomic mass is 16.4. The number of carbonyl (C=O) groups is 15. The van der Waals surface area contributed by atoms with Gasteiger partial charge in [-0.05, 0) is 85.1 Å². The maximum atomic E-state index is 14.8.